The zero-order valence-electron chi connectivity index (χ0n) is 18.7. The molecule has 1 saturated heterocycles. The molecular formula is C26H30N4O2. The van der Waals surface area contributed by atoms with Crippen LogP contribution < -0.4 is 10.6 Å². The molecule has 6 heteroatoms. The number of hydrogen-bond acceptors (Lipinski definition) is 4. The minimum Gasteiger partial charge on any atom is -0.352 e. The molecule has 0 radical (unpaired) electrons. The highest BCUT2D eigenvalue weighted by atomic mass is 16.2. The normalized spacial score (nSPS) is 14.9. The summed E-state index contributed by atoms with van der Waals surface area (Å²) in [6.07, 6.45) is 3.48. The highest BCUT2D eigenvalue weighted by Crippen LogP contribution is 2.26. The van der Waals surface area contributed by atoms with Crippen molar-refractivity contribution in [1.29, 1.82) is 0 Å². The highest BCUT2D eigenvalue weighted by molar-refractivity contribution is 6.07. The van der Waals surface area contributed by atoms with Gasteiger partial charge in [-0.05, 0) is 63.5 Å². The van der Waals surface area contributed by atoms with Crippen LogP contribution in [0.1, 0.15) is 43.5 Å². The Hall–Kier alpha value is -3.25. The summed E-state index contributed by atoms with van der Waals surface area (Å²) in [7, 11) is 0. The molecule has 6 nitrogen and oxygen atoms in total. The first-order chi connectivity index (χ1) is 15.5. The van der Waals surface area contributed by atoms with E-state index in [0.29, 0.717) is 18.2 Å². The lowest BCUT2D eigenvalue weighted by Crippen LogP contribution is -2.34. The van der Waals surface area contributed by atoms with Gasteiger partial charge in [0.25, 0.3) is 5.91 Å². The van der Waals surface area contributed by atoms with Crippen molar-refractivity contribution in [3.8, 4) is 11.3 Å². The van der Waals surface area contributed by atoms with Crippen molar-refractivity contribution in [2.24, 2.45) is 0 Å². The zero-order chi connectivity index (χ0) is 22.5. The van der Waals surface area contributed by atoms with Gasteiger partial charge in [0, 0.05) is 36.1 Å². The van der Waals surface area contributed by atoms with Crippen molar-refractivity contribution in [2.75, 3.05) is 25.0 Å². The molecule has 0 aliphatic carbocycles. The summed E-state index contributed by atoms with van der Waals surface area (Å²) in [5, 5.41) is 6.73. The van der Waals surface area contributed by atoms with Crippen LogP contribution in [0.2, 0.25) is 0 Å². The molecule has 1 aliphatic rings. The van der Waals surface area contributed by atoms with Gasteiger partial charge in [-0.25, -0.2) is 4.98 Å². The molecule has 166 valence electrons. The molecule has 2 N–H and O–H groups in total. The number of nitrogens with one attached hydrogen (secondary N) is 2. The molecular weight excluding hydrogens is 400 g/mol. The van der Waals surface area contributed by atoms with Crippen LogP contribution >= 0.6 is 0 Å². The fourth-order valence-electron chi connectivity index (χ4n) is 4.29. The molecule has 1 atom stereocenters. The zero-order valence-corrected chi connectivity index (χ0v) is 18.7. The molecule has 1 fully saturated rings. The molecule has 2 aromatic carbocycles. The molecule has 0 spiro atoms. The number of pyridine rings is 1. The van der Waals surface area contributed by atoms with E-state index >= 15 is 0 Å². The maximum Gasteiger partial charge on any atom is 0.252 e. The van der Waals surface area contributed by atoms with E-state index in [1.807, 2.05) is 54.6 Å². The van der Waals surface area contributed by atoms with Crippen LogP contribution in [0, 0.1) is 0 Å². The lowest BCUT2D eigenvalue weighted by molar-refractivity contribution is -0.114. The molecule has 1 aromatic heterocycles. The van der Waals surface area contributed by atoms with Crippen molar-refractivity contribution in [3.63, 3.8) is 0 Å². The van der Waals surface area contributed by atoms with Crippen molar-refractivity contribution >= 4 is 28.4 Å². The molecule has 3 aromatic rings. The van der Waals surface area contributed by atoms with E-state index in [4.69, 9.17) is 4.98 Å². The molecule has 4 rings (SSSR count). The van der Waals surface area contributed by atoms with E-state index in [-0.39, 0.29) is 11.8 Å². The molecule has 2 heterocycles. The van der Waals surface area contributed by atoms with Gasteiger partial charge in [0.1, 0.15) is 0 Å². The molecule has 2 amide bonds. The number of carbonyl (C=O) groups is 2. The quantitative estimate of drug-likeness (QED) is 0.580. The standard InChI is InChI=1S/C26H30N4O2/c1-18(30-15-5-6-16-30)13-14-27-26(32)23-17-25(29-24-8-4-3-7-22(23)24)20-9-11-21(12-10-20)28-19(2)31/h3-4,7-12,17-18H,5-6,13-16H2,1-2H3,(H,27,32)(H,28,31). The summed E-state index contributed by atoms with van der Waals surface area (Å²) < 4.78 is 0. The van der Waals surface area contributed by atoms with Crippen molar-refractivity contribution in [1.82, 2.24) is 15.2 Å². The Kier molecular flexibility index (Phi) is 6.81. The predicted octanol–water partition coefficient (Wildman–Crippen LogP) is 4.46. The summed E-state index contributed by atoms with van der Waals surface area (Å²) >= 11 is 0. The third-order valence-electron chi connectivity index (χ3n) is 6.07. The van der Waals surface area contributed by atoms with Gasteiger partial charge in [0.05, 0.1) is 16.8 Å². The Morgan fingerprint density at radius 2 is 1.78 bits per heavy atom. The Morgan fingerprint density at radius 1 is 1.06 bits per heavy atom. The maximum atomic E-state index is 13.1. The average molecular weight is 431 g/mol. The van der Waals surface area contributed by atoms with E-state index in [1.165, 1.54) is 19.8 Å². The molecule has 0 saturated carbocycles. The predicted molar refractivity (Wildman–Crippen MR) is 129 cm³/mol. The van der Waals surface area contributed by atoms with Gasteiger partial charge in [-0.2, -0.15) is 0 Å². The van der Waals surface area contributed by atoms with Crippen LogP contribution in [0.5, 0.6) is 0 Å². The number of nitrogens with zero attached hydrogens (tertiary/aromatic N) is 2. The minimum atomic E-state index is -0.111. The molecule has 32 heavy (non-hydrogen) atoms. The van der Waals surface area contributed by atoms with Crippen LogP contribution in [-0.4, -0.2) is 47.4 Å². The maximum absolute atomic E-state index is 13.1. The number of anilines is 1. The Bertz CT molecular complexity index is 1100. The van der Waals surface area contributed by atoms with Crippen LogP contribution in [0.4, 0.5) is 5.69 Å². The number of amides is 2. The van der Waals surface area contributed by atoms with Crippen molar-refractivity contribution in [3.05, 3.63) is 60.2 Å². The summed E-state index contributed by atoms with van der Waals surface area (Å²) in [5.41, 5.74) is 3.76. The van der Waals surface area contributed by atoms with Crippen LogP contribution in [0.15, 0.2) is 54.6 Å². The number of fused-ring (bicyclic) bond motifs is 1. The number of benzene rings is 2. The Balaban J connectivity index is 1.53. The van der Waals surface area contributed by atoms with Gasteiger partial charge < -0.3 is 15.5 Å². The van der Waals surface area contributed by atoms with Gasteiger partial charge in [-0.3, -0.25) is 9.59 Å². The third-order valence-corrected chi connectivity index (χ3v) is 6.07. The number of hydrogen-bond donors (Lipinski definition) is 2. The van der Waals surface area contributed by atoms with Gasteiger partial charge in [-0.15, -0.1) is 0 Å². The van der Waals surface area contributed by atoms with Gasteiger partial charge in [0.2, 0.25) is 5.91 Å². The van der Waals surface area contributed by atoms with Crippen molar-refractivity contribution in [2.45, 2.75) is 39.2 Å². The fourth-order valence-corrected chi connectivity index (χ4v) is 4.29. The lowest BCUT2D eigenvalue weighted by atomic mass is 10.0. The molecule has 0 bridgehead atoms. The van der Waals surface area contributed by atoms with Gasteiger partial charge >= 0.3 is 0 Å². The third kappa shape index (κ3) is 5.14. The second-order valence-corrected chi connectivity index (χ2v) is 8.47. The average Bonchev–Trinajstić information content (AvgIpc) is 3.33. The summed E-state index contributed by atoms with van der Waals surface area (Å²) in [5.74, 6) is -0.187. The fraction of sp³-hybridized carbons (Fsp3) is 0.346. The largest absolute Gasteiger partial charge is 0.352 e. The Labute approximate surface area is 189 Å². The smallest absolute Gasteiger partial charge is 0.252 e. The first-order valence-corrected chi connectivity index (χ1v) is 11.3. The number of likely N-dealkylation sites (tertiary alicyclic amines) is 1. The number of rotatable bonds is 7. The highest BCUT2D eigenvalue weighted by Gasteiger charge is 2.18. The van der Waals surface area contributed by atoms with Crippen LogP contribution in [-0.2, 0) is 4.79 Å². The topological polar surface area (TPSA) is 74.3 Å². The first-order valence-electron chi connectivity index (χ1n) is 11.3. The summed E-state index contributed by atoms with van der Waals surface area (Å²) in [6, 6.07) is 17.5. The molecule has 1 unspecified atom stereocenters. The van der Waals surface area contributed by atoms with E-state index in [2.05, 4.69) is 22.5 Å². The van der Waals surface area contributed by atoms with E-state index in [9.17, 15) is 9.59 Å². The number of carbonyl (C=O) groups excluding carboxylic acids is 2. The van der Waals surface area contributed by atoms with E-state index in [1.54, 1.807) is 0 Å². The Morgan fingerprint density at radius 3 is 2.50 bits per heavy atom. The second-order valence-electron chi connectivity index (χ2n) is 8.47. The number of aromatic nitrogens is 1. The minimum absolute atomic E-state index is 0.0756. The summed E-state index contributed by atoms with van der Waals surface area (Å²) in [4.78, 5) is 31.6. The molecule has 1 aliphatic heterocycles. The monoisotopic (exact) mass is 430 g/mol. The number of para-hydroxylation sites is 1. The second kappa shape index (κ2) is 9.92. The summed E-state index contributed by atoms with van der Waals surface area (Å²) in [6.45, 7) is 6.69. The van der Waals surface area contributed by atoms with E-state index in [0.717, 1.165) is 47.4 Å². The van der Waals surface area contributed by atoms with Gasteiger partial charge in [-0.1, -0.05) is 30.3 Å². The van der Waals surface area contributed by atoms with Gasteiger partial charge in [0.15, 0.2) is 0 Å². The van der Waals surface area contributed by atoms with Crippen molar-refractivity contribution < 1.29 is 9.59 Å². The van der Waals surface area contributed by atoms with E-state index < -0.39 is 0 Å². The van der Waals surface area contributed by atoms with Crippen LogP contribution in [0.3, 0.4) is 0 Å². The lowest BCUT2D eigenvalue weighted by Gasteiger charge is -2.23. The SMILES string of the molecule is CC(=O)Nc1ccc(-c2cc(C(=O)NCCC(C)N3CCCC3)c3ccccc3n2)cc1. The first kappa shape index (κ1) is 22.0. The van der Waals surface area contributed by atoms with Crippen LogP contribution in [0.25, 0.3) is 22.2 Å².